The molecule has 0 aliphatic carbocycles. The molecule has 0 aliphatic heterocycles. The lowest BCUT2D eigenvalue weighted by molar-refractivity contribution is 0.301. The first-order valence-corrected chi connectivity index (χ1v) is 10.2. The molecule has 0 radical (unpaired) electrons. The minimum absolute atomic E-state index is 0.0458. The van der Waals surface area contributed by atoms with Crippen molar-refractivity contribution in [1.82, 2.24) is 5.32 Å². The SMILES string of the molecule is CC(C)NCCOc1ccc(S(C)(=O)=O)cc1S(C)(=O)=O. The molecular formula is C13H21NO5S2. The minimum atomic E-state index is -3.58. The van der Waals surface area contributed by atoms with E-state index in [1.54, 1.807) is 0 Å². The van der Waals surface area contributed by atoms with Gasteiger partial charge in [-0.2, -0.15) is 0 Å². The first kappa shape index (κ1) is 17.9. The van der Waals surface area contributed by atoms with Gasteiger partial charge in [0, 0.05) is 25.1 Å². The molecular weight excluding hydrogens is 314 g/mol. The van der Waals surface area contributed by atoms with Crippen molar-refractivity contribution in [1.29, 1.82) is 0 Å². The third-order valence-electron chi connectivity index (χ3n) is 2.66. The summed E-state index contributed by atoms with van der Waals surface area (Å²) in [5, 5.41) is 3.14. The molecule has 0 unspecified atom stereocenters. The van der Waals surface area contributed by atoms with Crippen LogP contribution >= 0.6 is 0 Å². The van der Waals surface area contributed by atoms with Crippen molar-refractivity contribution in [2.75, 3.05) is 25.7 Å². The molecule has 1 aromatic rings. The van der Waals surface area contributed by atoms with Crippen molar-refractivity contribution in [2.45, 2.75) is 29.7 Å². The molecule has 0 amide bonds. The summed E-state index contributed by atoms with van der Waals surface area (Å²) in [7, 11) is -7.05. The van der Waals surface area contributed by atoms with Gasteiger partial charge in [-0.1, -0.05) is 13.8 Å². The molecule has 0 fully saturated rings. The van der Waals surface area contributed by atoms with Crippen LogP contribution in [0.4, 0.5) is 0 Å². The van der Waals surface area contributed by atoms with E-state index in [9.17, 15) is 16.8 Å². The van der Waals surface area contributed by atoms with E-state index in [-0.39, 0.29) is 15.5 Å². The summed E-state index contributed by atoms with van der Waals surface area (Å²) >= 11 is 0. The van der Waals surface area contributed by atoms with Crippen molar-refractivity contribution < 1.29 is 21.6 Å². The zero-order chi connectivity index (χ0) is 16.3. The number of benzene rings is 1. The molecule has 0 spiro atoms. The Morgan fingerprint density at radius 3 is 2.19 bits per heavy atom. The molecule has 120 valence electrons. The maximum Gasteiger partial charge on any atom is 0.179 e. The van der Waals surface area contributed by atoms with E-state index in [0.717, 1.165) is 18.6 Å². The van der Waals surface area contributed by atoms with Gasteiger partial charge >= 0.3 is 0 Å². The van der Waals surface area contributed by atoms with Gasteiger partial charge < -0.3 is 10.1 Å². The standard InChI is InChI=1S/C13H21NO5S2/c1-10(2)14-7-8-19-12-6-5-11(20(3,15)16)9-13(12)21(4,17)18/h5-6,9-10,14H,7-8H2,1-4H3. The summed E-state index contributed by atoms with van der Waals surface area (Å²) in [5.41, 5.74) is 0. The van der Waals surface area contributed by atoms with E-state index in [4.69, 9.17) is 4.74 Å². The molecule has 8 heteroatoms. The van der Waals surface area contributed by atoms with Gasteiger partial charge in [-0.05, 0) is 18.2 Å². The first-order chi connectivity index (χ1) is 9.51. The topological polar surface area (TPSA) is 89.5 Å². The van der Waals surface area contributed by atoms with E-state index in [0.29, 0.717) is 19.2 Å². The van der Waals surface area contributed by atoms with Gasteiger partial charge in [-0.15, -0.1) is 0 Å². The predicted octanol–water partition coefficient (Wildman–Crippen LogP) is 0.870. The second kappa shape index (κ2) is 6.76. The van der Waals surface area contributed by atoms with Crippen LogP contribution < -0.4 is 10.1 Å². The van der Waals surface area contributed by atoms with Crippen LogP contribution in [0.1, 0.15) is 13.8 Å². The fourth-order valence-corrected chi connectivity index (χ4v) is 3.19. The van der Waals surface area contributed by atoms with E-state index >= 15 is 0 Å². The van der Waals surface area contributed by atoms with E-state index < -0.39 is 19.7 Å². The van der Waals surface area contributed by atoms with Gasteiger partial charge in [0.05, 0.1) is 4.90 Å². The fourth-order valence-electron chi connectivity index (χ4n) is 1.64. The summed E-state index contributed by atoms with van der Waals surface area (Å²) in [6, 6.07) is 4.16. The molecule has 1 rings (SSSR count). The highest BCUT2D eigenvalue weighted by molar-refractivity contribution is 7.91. The highest BCUT2D eigenvalue weighted by Gasteiger charge is 2.18. The Labute approximate surface area is 126 Å². The van der Waals surface area contributed by atoms with Crippen molar-refractivity contribution in [3.63, 3.8) is 0 Å². The van der Waals surface area contributed by atoms with Crippen LogP contribution in [0, 0.1) is 0 Å². The Balaban J connectivity index is 3.04. The van der Waals surface area contributed by atoms with Gasteiger partial charge in [0.25, 0.3) is 0 Å². The van der Waals surface area contributed by atoms with Gasteiger partial charge in [0.2, 0.25) is 0 Å². The summed E-state index contributed by atoms with van der Waals surface area (Å²) in [4.78, 5) is -0.162. The highest BCUT2D eigenvalue weighted by Crippen LogP contribution is 2.27. The molecule has 6 nitrogen and oxygen atoms in total. The lowest BCUT2D eigenvalue weighted by Crippen LogP contribution is -2.27. The first-order valence-electron chi connectivity index (χ1n) is 6.42. The molecule has 0 bridgehead atoms. The number of ether oxygens (including phenoxy) is 1. The fraction of sp³-hybridized carbons (Fsp3) is 0.538. The van der Waals surface area contributed by atoms with E-state index in [2.05, 4.69) is 5.32 Å². The van der Waals surface area contributed by atoms with Crippen LogP contribution in [-0.4, -0.2) is 48.5 Å². The van der Waals surface area contributed by atoms with Crippen LogP contribution in [-0.2, 0) is 19.7 Å². The van der Waals surface area contributed by atoms with Gasteiger partial charge in [0.1, 0.15) is 17.3 Å². The molecule has 0 heterocycles. The minimum Gasteiger partial charge on any atom is -0.491 e. The summed E-state index contributed by atoms with van der Waals surface area (Å²) in [5.74, 6) is 0.162. The molecule has 0 aromatic heterocycles. The average molecular weight is 335 g/mol. The summed E-state index contributed by atoms with van der Waals surface area (Å²) in [6.45, 7) is 4.83. The summed E-state index contributed by atoms with van der Waals surface area (Å²) in [6.07, 6.45) is 2.05. The number of hydrogen-bond donors (Lipinski definition) is 1. The molecule has 0 saturated heterocycles. The average Bonchev–Trinajstić information content (AvgIpc) is 2.32. The Bertz CT molecular complexity index is 693. The van der Waals surface area contributed by atoms with Crippen molar-refractivity contribution >= 4 is 19.7 Å². The van der Waals surface area contributed by atoms with Crippen LogP contribution in [0.25, 0.3) is 0 Å². The quantitative estimate of drug-likeness (QED) is 0.744. The Morgan fingerprint density at radius 1 is 1.10 bits per heavy atom. The second-order valence-corrected chi connectivity index (χ2v) is 9.11. The largest absolute Gasteiger partial charge is 0.491 e. The lowest BCUT2D eigenvalue weighted by atomic mass is 10.3. The predicted molar refractivity (Wildman–Crippen MR) is 81.3 cm³/mol. The Morgan fingerprint density at radius 2 is 1.71 bits per heavy atom. The third kappa shape index (κ3) is 5.64. The maximum atomic E-state index is 11.8. The smallest absolute Gasteiger partial charge is 0.179 e. The molecule has 21 heavy (non-hydrogen) atoms. The molecule has 0 atom stereocenters. The maximum absolute atomic E-state index is 11.8. The summed E-state index contributed by atoms with van der Waals surface area (Å²) < 4.78 is 52.0. The second-order valence-electron chi connectivity index (χ2n) is 5.11. The van der Waals surface area contributed by atoms with Crippen LogP contribution in [0.3, 0.4) is 0 Å². The van der Waals surface area contributed by atoms with Crippen molar-refractivity contribution in [3.8, 4) is 5.75 Å². The number of rotatable bonds is 7. The molecule has 0 aliphatic rings. The zero-order valence-electron chi connectivity index (χ0n) is 12.6. The van der Waals surface area contributed by atoms with E-state index in [1.807, 2.05) is 13.8 Å². The Kier molecular flexibility index (Phi) is 5.77. The van der Waals surface area contributed by atoms with Gasteiger partial charge in [-0.25, -0.2) is 16.8 Å². The number of nitrogens with one attached hydrogen (secondary N) is 1. The van der Waals surface area contributed by atoms with Crippen LogP contribution in [0.15, 0.2) is 28.0 Å². The monoisotopic (exact) mass is 335 g/mol. The Hall–Kier alpha value is -1.12. The van der Waals surface area contributed by atoms with Gasteiger partial charge in [-0.3, -0.25) is 0 Å². The highest BCUT2D eigenvalue weighted by atomic mass is 32.2. The van der Waals surface area contributed by atoms with Crippen molar-refractivity contribution in [3.05, 3.63) is 18.2 Å². The van der Waals surface area contributed by atoms with Crippen LogP contribution in [0.5, 0.6) is 5.75 Å². The zero-order valence-corrected chi connectivity index (χ0v) is 14.2. The van der Waals surface area contributed by atoms with Gasteiger partial charge in [0.15, 0.2) is 19.7 Å². The normalized spacial score (nSPS) is 12.6. The third-order valence-corrected chi connectivity index (χ3v) is 4.88. The molecule has 1 aromatic carbocycles. The van der Waals surface area contributed by atoms with Crippen molar-refractivity contribution in [2.24, 2.45) is 0 Å². The number of hydrogen-bond acceptors (Lipinski definition) is 6. The van der Waals surface area contributed by atoms with E-state index in [1.165, 1.54) is 12.1 Å². The molecule has 1 N–H and O–H groups in total. The number of sulfone groups is 2. The lowest BCUT2D eigenvalue weighted by Gasteiger charge is -2.13. The molecule has 0 saturated carbocycles. The van der Waals surface area contributed by atoms with Crippen LogP contribution in [0.2, 0.25) is 0 Å².